The van der Waals surface area contributed by atoms with E-state index in [1.807, 2.05) is 17.0 Å². The highest BCUT2D eigenvalue weighted by atomic mass is 19.4. The van der Waals surface area contributed by atoms with Gasteiger partial charge in [0.05, 0.1) is 5.69 Å². The molecule has 0 aromatic heterocycles. The van der Waals surface area contributed by atoms with E-state index < -0.39 is 18.6 Å². The first-order chi connectivity index (χ1) is 24.5. The van der Waals surface area contributed by atoms with Crippen molar-refractivity contribution in [1.29, 1.82) is 0 Å². The molecule has 1 saturated carbocycles. The van der Waals surface area contributed by atoms with Crippen molar-refractivity contribution in [3.05, 3.63) is 89.0 Å². The molecule has 1 fully saturated rings. The Balaban J connectivity index is 0.000000785. The normalized spacial score (nSPS) is 14.3. The molecule has 0 radical (unpaired) electrons. The Labute approximate surface area is 289 Å². The standard InChI is InChI=1S/C33H37N5O5.C2HF3O2/c34-17-3-1-2-4-18-35-31(40)23-9-12-26(13-10-23)36-32(41)24-7-5-22(6-8-24)20-38(27-14-15-27)33(42)25-11-16-28-29(19-25)43-21-30(39)37-28;3-2(4,5)1(6)7/h5-13,16,19,27H,1-4,14-15,17-18,20-21,34H2,(H,35,40)(H,36,41)(H,37,39);(H,6,7)/i17D2;. The summed E-state index contributed by atoms with van der Waals surface area (Å²) < 4.78 is 51.9. The smallest absolute Gasteiger partial charge is 0.482 e. The van der Waals surface area contributed by atoms with Crippen LogP contribution in [0.5, 0.6) is 5.75 Å². The molecule has 0 atom stereocenters. The van der Waals surface area contributed by atoms with Gasteiger partial charge in [-0.05, 0) is 92.3 Å². The number of carboxylic acids is 1. The zero-order chi connectivity index (χ0) is 38.1. The highest BCUT2D eigenvalue weighted by Gasteiger charge is 2.38. The van der Waals surface area contributed by atoms with E-state index in [9.17, 15) is 32.3 Å². The predicted octanol–water partition coefficient (Wildman–Crippen LogP) is 4.96. The Morgan fingerprint density at radius 3 is 2.14 bits per heavy atom. The summed E-state index contributed by atoms with van der Waals surface area (Å²) in [6.45, 7) is -0.862. The van der Waals surface area contributed by atoms with Crippen molar-refractivity contribution in [1.82, 2.24) is 10.2 Å². The average molecular weight is 700 g/mol. The van der Waals surface area contributed by atoms with Crippen molar-refractivity contribution in [2.75, 3.05) is 30.3 Å². The summed E-state index contributed by atoms with van der Waals surface area (Å²) in [5, 5.41) is 15.5. The number of carboxylic acid groups (broad SMARTS) is 1. The maximum Gasteiger partial charge on any atom is 0.490 e. The molecule has 0 unspecified atom stereocenters. The number of nitrogens with two attached hydrogens (primary N) is 1. The van der Waals surface area contributed by atoms with Crippen LogP contribution >= 0.6 is 0 Å². The van der Waals surface area contributed by atoms with Crippen molar-refractivity contribution < 1.29 is 49.7 Å². The van der Waals surface area contributed by atoms with Gasteiger partial charge in [-0.2, -0.15) is 13.2 Å². The third-order valence-electron chi connectivity index (χ3n) is 7.61. The summed E-state index contributed by atoms with van der Waals surface area (Å²) in [5.74, 6) is -3.14. The molecule has 1 aliphatic heterocycles. The number of nitrogens with one attached hydrogen (secondary N) is 3. The molecule has 15 heteroatoms. The van der Waals surface area contributed by atoms with Crippen LogP contribution in [0.15, 0.2) is 66.7 Å². The van der Waals surface area contributed by atoms with Gasteiger partial charge < -0.3 is 36.4 Å². The summed E-state index contributed by atoms with van der Waals surface area (Å²) in [4.78, 5) is 61.0. The summed E-state index contributed by atoms with van der Waals surface area (Å²) >= 11 is 0. The number of amides is 4. The molecule has 5 rings (SSSR count). The van der Waals surface area contributed by atoms with Gasteiger partial charge >= 0.3 is 12.1 Å². The fourth-order valence-corrected chi connectivity index (χ4v) is 4.83. The van der Waals surface area contributed by atoms with Gasteiger partial charge in [0.25, 0.3) is 23.6 Å². The first-order valence-electron chi connectivity index (χ1n) is 16.8. The van der Waals surface area contributed by atoms with Gasteiger partial charge in [0.15, 0.2) is 6.61 Å². The highest BCUT2D eigenvalue weighted by molar-refractivity contribution is 6.04. The van der Waals surface area contributed by atoms with E-state index in [2.05, 4.69) is 16.0 Å². The molecule has 4 amide bonds. The SMILES string of the molecule is O=C(O)C(F)(F)F.[2H]C([2H])(N)CCCCCNC(=O)c1ccc(NC(=O)c2ccc(CN(C(=O)c3ccc4c(c3)OCC(=O)N4)C3CC3)cc2)cc1. The van der Waals surface area contributed by atoms with Gasteiger partial charge in [0.1, 0.15) is 5.75 Å². The monoisotopic (exact) mass is 699 g/mol. The fraction of sp³-hybridized carbons (Fsp3) is 0.343. The number of rotatable bonds is 13. The number of unbranched alkanes of at least 4 members (excludes halogenated alkanes) is 2. The third-order valence-corrected chi connectivity index (χ3v) is 7.61. The molecule has 0 bridgehead atoms. The van der Waals surface area contributed by atoms with Crippen LogP contribution < -0.4 is 26.4 Å². The molecule has 6 N–H and O–H groups in total. The number of benzene rings is 3. The van der Waals surface area contributed by atoms with Gasteiger partial charge in [-0.1, -0.05) is 25.0 Å². The fourth-order valence-electron chi connectivity index (χ4n) is 4.83. The molecule has 50 heavy (non-hydrogen) atoms. The topological polar surface area (TPSA) is 180 Å². The Morgan fingerprint density at radius 2 is 1.52 bits per heavy atom. The molecule has 3 aromatic carbocycles. The molecule has 12 nitrogen and oxygen atoms in total. The molecule has 1 aliphatic carbocycles. The average Bonchev–Trinajstić information content (AvgIpc) is 3.94. The number of aliphatic carboxylic acids is 1. The highest BCUT2D eigenvalue weighted by Crippen LogP contribution is 2.33. The maximum absolute atomic E-state index is 13.4. The number of halogens is 3. The second-order valence-electron chi connectivity index (χ2n) is 11.5. The number of fused-ring (bicyclic) bond motifs is 1. The lowest BCUT2D eigenvalue weighted by molar-refractivity contribution is -0.192. The minimum atomic E-state index is -5.08. The van der Waals surface area contributed by atoms with Crippen molar-refractivity contribution in [2.45, 2.75) is 57.3 Å². The van der Waals surface area contributed by atoms with E-state index in [1.54, 1.807) is 54.6 Å². The van der Waals surface area contributed by atoms with Gasteiger partial charge in [-0.3, -0.25) is 19.2 Å². The molecular formula is C35H38F3N5O7. The summed E-state index contributed by atoms with van der Waals surface area (Å²) in [5.41, 5.74) is 8.75. The molecule has 0 spiro atoms. The first kappa shape index (κ1) is 34.4. The lowest BCUT2D eigenvalue weighted by Gasteiger charge is -2.24. The number of alkyl halides is 3. The first-order valence-corrected chi connectivity index (χ1v) is 15.8. The summed E-state index contributed by atoms with van der Waals surface area (Å²) in [6.07, 6.45) is -0.773. The van der Waals surface area contributed by atoms with Crippen LogP contribution in [0.2, 0.25) is 0 Å². The lowest BCUT2D eigenvalue weighted by Crippen LogP contribution is -2.33. The van der Waals surface area contributed by atoms with Crippen molar-refractivity contribution >= 4 is 41.0 Å². The van der Waals surface area contributed by atoms with Crippen LogP contribution in [0.1, 0.15) is 77.9 Å². The van der Waals surface area contributed by atoms with E-state index in [1.165, 1.54) is 0 Å². The van der Waals surface area contributed by atoms with Crippen LogP contribution in [-0.2, 0) is 16.1 Å². The Bertz CT molecular complexity index is 1760. The quantitative estimate of drug-likeness (QED) is 0.155. The lowest BCUT2D eigenvalue weighted by atomic mass is 10.1. The number of ether oxygens (including phenoxy) is 1. The van der Waals surface area contributed by atoms with E-state index in [0.717, 1.165) is 31.2 Å². The predicted molar refractivity (Wildman–Crippen MR) is 178 cm³/mol. The van der Waals surface area contributed by atoms with Crippen LogP contribution in [0.4, 0.5) is 24.5 Å². The minimum Gasteiger partial charge on any atom is -0.482 e. The van der Waals surface area contributed by atoms with Gasteiger partial charge in [0, 0.05) is 44.3 Å². The number of carbonyl (C=O) groups excluding carboxylic acids is 4. The molecule has 3 aromatic rings. The second-order valence-corrected chi connectivity index (χ2v) is 11.5. The largest absolute Gasteiger partial charge is 0.490 e. The zero-order valence-electron chi connectivity index (χ0n) is 28.8. The van der Waals surface area contributed by atoms with Crippen LogP contribution in [0.25, 0.3) is 0 Å². The van der Waals surface area contributed by atoms with E-state index in [-0.39, 0.29) is 42.7 Å². The second kappa shape index (κ2) is 17.3. The van der Waals surface area contributed by atoms with Gasteiger partial charge in [-0.15, -0.1) is 0 Å². The Hall–Kier alpha value is -5.44. The van der Waals surface area contributed by atoms with Gasteiger partial charge in [0.2, 0.25) is 0 Å². The zero-order valence-corrected chi connectivity index (χ0v) is 26.8. The minimum absolute atomic E-state index is 0.0827. The van der Waals surface area contributed by atoms with E-state index in [4.69, 9.17) is 23.1 Å². The molecule has 1 heterocycles. The number of nitrogens with zero attached hydrogens (tertiary/aromatic N) is 1. The van der Waals surface area contributed by atoms with E-state index in [0.29, 0.717) is 53.3 Å². The van der Waals surface area contributed by atoms with Crippen molar-refractivity contribution in [3.63, 3.8) is 0 Å². The van der Waals surface area contributed by atoms with E-state index >= 15 is 0 Å². The number of carbonyl (C=O) groups is 5. The molecular weight excluding hydrogens is 659 g/mol. The maximum atomic E-state index is 13.4. The Morgan fingerprint density at radius 1 is 0.920 bits per heavy atom. The number of hydrogen-bond acceptors (Lipinski definition) is 7. The van der Waals surface area contributed by atoms with Crippen LogP contribution in [0, 0.1) is 0 Å². The number of hydrogen-bond donors (Lipinski definition) is 5. The third kappa shape index (κ3) is 11.1. The van der Waals surface area contributed by atoms with Crippen LogP contribution in [-0.4, -0.2) is 71.5 Å². The van der Waals surface area contributed by atoms with Crippen molar-refractivity contribution in [2.24, 2.45) is 5.73 Å². The van der Waals surface area contributed by atoms with Crippen LogP contribution in [0.3, 0.4) is 0 Å². The summed E-state index contributed by atoms with van der Waals surface area (Å²) in [6, 6.07) is 18.9. The van der Waals surface area contributed by atoms with Crippen molar-refractivity contribution in [3.8, 4) is 5.75 Å². The number of anilines is 2. The molecule has 2 aliphatic rings. The van der Waals surface area contributed by atoms with Gasteiger partial charge in [-0.25, -0.2) is 4.79 Å². The molecule has 266 valence electrons. The molecule has 0 saturated heterocycles. The Kier molecular flexibility index (Phi) is 11.9. The summed E-state index contributed by atoms with van der Waals surface area (Å²) in [7, 11) is 0.